The molecule has 1 fully saturated rings. The second-order valence-corrected chi connectivity index (χ2v) is 7.59. The minimum Gasteiger partial charge on any atom is -0.497 e. The van der Waals surface area contributed by atoms with E-state index in [-0.39, 0.29) is 11.9 Å². The van der Waals surface area contributed by atoms with E-state index in [4.69, 9.17) is 18.9 Å². The summed E-state index contributed by atoms with van der Waals surface area (Å²) in [6, 6.07) is 19.3. The van der Waals surface area contributed by atoms with Crippen LogP contribution in [-0.2, 0) is 4.74 Å². The van der Waals surface area contributed by atoms with Gasteiger partial charge in [-0.25, -0.2) is 0 Å². The van der Waals surface area contributed by atoms with Crippen LogP contribution in [0.25, 0.3) is 22.0 Å². The van der Waals surface area contributed by atoms with Crippen LogP contribution in [0.5, 0.6) is 17.2 Å². The molecule has 0 saturated carbocycles. The third-order valence-corrected chi connectivity index (χ3v) is 5.85. The van der Waals surface area contributed by atoms with Crippen molar-refractivity contribution in [3.8, 4) is 28.4 Å². The third-order valence-electron chi connectivity index (χ3n) is 5.85. The zero-order valence-electron chi connectivity index (χ0n) is 18.0. The Labute approximate surface area is 185 Å². The zero-order chi connectivity index (χ0) is 22.2. The number of Topliss-reactive ketones (excluding diaryl/α,β-unsaturated/α-hetero) is 1. The lowest BCUT2D eigenvalue weighted by atomic mass is 9.97. The number of nitrogens with one attached hydrogen (secondary N) is 1. The van der Waals surface area contributed by atoms with E-state index >= 15 is 0 Å². The standard InChI is InChI=1S/C26H23NO5/c1-29-17-11-9-16(10-12-17)25-26(32-25)24(28)22-20(31-3)13-19(30-2)21-18(14-27-23(21)22)15-7-5-4-6-8-15/h4-14,25-27H,1-3H3/t25-,26+/m0/s1. The molecule has 0 aliphatic carbocycles. The molecule has 6 heteroatoms. The first-order valence-electron chi connectivity index (χ1n) is 10.3. The summed E-state index contributed by atoms with van der Waals surface area (Å²) in [4.78, 5) is 16.8. The van der Waals surface area contributed by atoms with Gasteiger partial charge >= 0.3 is 0 Å². The number of benzene rings is 3. The number of methoxy groups -OCH3 is 3. The highest BCUT2D eigenvalue weighted by molar-refractivity contribution is 6.16. The number of aromatic nitrogens is 1. The maximum Gasteiger partial charge on any atom is 0.200 e. The Bertz CT molecular complexity index is 1280. The molecular formula is C26H23NO5. The topological polar surface area (TPSA) is 73.1 Å². The first kappa shape index (κ1) is 20.2. The van der Waals surface area contributed by atoms with Crippen LogP contribution in [0.1, 0.15) is 22.0 Å². The molecule has 1 aliphatic rings. The van der Waals surface area contributed by atoms with Gasteiger partial charge in [-0.05, 0) is 23.3 Å². The molecule has 1 saturated heterocycles. The first-order chi connectivity index (χ1) is 15.7. The minimum atomic E-state index is -0.572. The summed E-state index contributed by atoms with van der Waals surface area (Å²) in [5.41, 5.74) is 4.06. The molecule has 6 nitrogen and oxygen atoms in total. The molecular weight excluding hydrogens is 406 g/mol. The van der Waals surface area contributed by atoms with Crippen molar-refractivity contribution in [3.63, 3.8) is 0 Å². The molecule has 0 spiro atoms. The highest BCUT2D eigenvalue weighted by Gasteiger charge is 2.47. The van der Waals surface area contributed by atoms with E-state index in [0.29, 0.717) is 22.6 Å². The van der Waals surface area contributed by atoms with Gasteiger partial charge in [-0.3, -0.25) is 4.79 Å². The maximum absolute atomic E-state index is 13.6. The van der Waals surface area contributed by atoms with E-state index in [0.717, 1.165) is 27.8 Å². The maximum atomic E-state index is 13.6. The van der Waals surface area contributed by atoms with E-state index in [1.165, 1.54) is 0 Å². The average molecular weight is 429 g/mol. The van der Waals surface area contributed by atoms with Gasteiger partial charge in [-0.1, -0.05) is 42.5 Å². The summed E-state index contributed by atoms with van der Waals surface area (Å²) in [6.07, 6.45) is 1.03. The number of hydrogen-bond donors (Lipinski definition) is 1. The molecule has 1 N–H and O–H groups in total. The highest BCUT2D eigenvalue weighted by atomic mass is 16.6. The summed E-state index contributed by atoms with van der Waals surface area (Å²) in [7, 11) is 4.78. The van der Waals surface area contributed by atoms with Gasteiger partial charge < -0.3 is 23.9 Å². The van der Waals surface area contributed by atoms with Crippen LogP contribution in [-0.4, -0.2) is 38.2 Å². The van der Waals surface area contributed by atoms with Gasteiger partial charge in [0.2, 0.25) is 0 Å². The summed E-state index contributed by atoms with van der Waals surface area (Å²) in [5.74, 6) is 1.72. The number of H-pyrrole nitrogens is 1. The van der Waals surface area contributed by atoms with Gasteiger partial charge in [-0.2, -0.15) is 0 Å². The SMILES string of the molecule is COc1ccc([C@@H]2O[C@@H]2C(=O)c2c(OC)cc(OC)c3c(-c4ccccc4)c[nH]c23)cc1. The predicted octanol–water partition coefficient (Wildman–Crippen LogP) is 5.18. The molecule has 162 valence electrons. The molecule has 2 heterocycles. The van der Waals surface area contributed by atoms with Crippen molar-refractivity contribution in [1.82, 2.24) is 4.98 Å². The Balaban J connectivity index is 1.57. The lowest BCUT2D eigenvalue weighted by Crippen LogP contribution is -2.11. The third kappa shape index (κ3) is 3.29. The van der Waals surface area contributed by atoms with Crippen LogP contribution in [0.15, 0.2) is 66.9 Å². The number of hydrogen-bond acceptors (Lipinski definition) is 5. The van der Waals surface area contributed by atoms with E-state index < -0.39 is 6.10 Å². The fourth-order valence-corrected chi connectivity index (χ4v) is 4.18. The Hall–Kier alpha value is -3.77. The summed E-state index contributed by atoms with van der Waals surface area (Å²) < 4.78 is 22.3. The van der Waals surface area contributed by atoms with E-state index in [2.05, 4.69) is 4.98 Å². The Kier molecular flexibility index (Phi) is 5.07. The molecule has 5 rings (SSSR count). The molecule has 1 aromatic heterocycles. The summed E-state index contributed by atoms with van der Waals surface area (Å²) in [6.45, 7) is 0. The van der Waals surface area contributed by atoms with Crippen molar-refractivity contribution < 1.29 is 23.7 Å². The second-order valence-electron chi connectivity index (χ2n) is 7.59. The minimum absolute atomic E-state index is 0.128. The molecule has 2 atom stereocenters. The van der Waals surface area contributed by atoms with E-state index in [1.807, 2.05) is 60.8 Å². The van der Waals surface area contributed by atoms with Crippen LogP contribution in [0.3, 0.4) is 0 Å². The van der Waals surface area contributed by atoms with Gasteiger partial charge in [0.15, 0.2) is 11.9 Å². The van der Waals surface area contributed by atoms with Crippen molar-refractivity contribution in [1.29, 1.82) is 0 Å². The molecule has 0 radical (unpaired) electrons. The van der Waals surface area contributed by atoms with Gasteiger partial charge in [0.1, 0.15) is 23.4 Å². The number of carbonyl (C=O) groups is 1. The zero-order valence-corrected chi connectivity index (χ0v) is 18.0. The smallest absolute Gasteiger partial charge is 0.200 e. The second kappa shape index (κ2) is 8.05. The van der Waals surface area contributed by atoms with Crippen LogP contribution < -0.4 is 14.2 Å². The molecule has 0 bridgehead atoms. The normalized spacial score (nSPS) is 17.2. The van der Waals surface area contributed by atoms with E-state index in [1.54, 1.807) is 27.4 Å². The Morgan fingerprint density at radius 3 is 2.28 bits per heavy atom. The van der Waals surface area contributed by atoms with Gasteiger partial charge in [0.05, 0.1) is 37.8 Å². The lowest BCUT2D eigenvalue weighted by molar-refractivity contribution is 0.0952. The molecule has 4 aromatic rings. The Morgan fingerprint density at radius 1 is 0.906 bits per heavy atom. The number of ketones is 1. The van der Waals surface area contributed by atoms with Crippen LogP contribution >= 0.6 is 0 Å². The first-order valence-corrected chi connectivity index (χ1v) is 10.3. The lowest BCUT2D eigenvalue weighted by Gasteiger charge is -2.13. The van der Waals surface area contributed by atoms with Crippen molar-refractivity contribution in [2.45, 2.75) is 12.2 Å². The quantitative estimate of drug-likeness (QED) is 0.324. The van der Waals surface area contributed by atoms with Crippen molar-refractivity contribution in [2.75, 3.05) is 21.3 Å². The summed E-state index contributed by atoms with van der Waals surface area (Å²) >= 11 is 0. The number of rotatable bonds is 7. The molecule has 0 unspecified atom stereocenters. The summed E-state index contributed by atoms with van der Waals surface area (Å²) in [5, 5.41) is 0.837. The fourth-order valence-electron chi connectivity index (χ4n) is 4.18. The predicted molar refractivity (Wildman–Crippen MR) is 122 cm³/mol. The van der Waals surface area contributed by atoms with Crippen LogP contribution in [0, 0.1) is 0 Å². The molecule has 0 amide bonds. The highest BCUT2D eigenvalue weighted by Crippen LogP contribution is 2.46. The Morgan fingerprint density at radius 2 is 1.62 bits per heavy atom. The molecule has 3 aromatic carbocycles. The van der Waals surface area contributed by atoms with Gasteiger partial charge in [0, 0.05) is 17.8 Å². The number of ether oxygens (including phenoxy) is 4. The van der Waals surface area contributed by atoms with E-state index in [9.17, 15) is 4.79 Å². The fraction of sp³-hybridized carbons (Fsp3) is 0.192. The van der Waals surface area contributed by atoms with Crippen molar-refractivity contribution in [2.24, 2.45) is 0 Å². The van der Waals surface area contributed by atoms with Gasteiger partial charge in [0.25, 0.3) is 0 Å². The van der Waals surface area contributed by atoms with Gasteiger partial charge in [-0.15, -0.1) is 0 Å². The number of aromatic amines is 1. The number of carbonyl (C=O) groups excluding carboxylic acids is 1. The number of epoxide rings is 1. The van der Waals surface area contributed by atoms with Crippen molar-refractivity contribution in [3.05, 3.63) is 78.0 Å². The monoisotopic (exact) mass is 429 g/mol. The van der Waals surface area contributed by atoms with Crippen LogP contribution in [0.4, 0.5) is 0 Å². The average Bonchev–Trinajstić information content (AvgIpc) is 3.54. The number of fused-ring (bicyclic) bond motifs is 1. The molecule has 1 aliphatic heterocycles. The van der Waals surface area contributed by atoms with Crippen molar-refractivity contribution >= 4 is 16.7 Å². The van der Waals surface area contributed by atoms with Crippen LogP contribution in [0.2, 0.25) is 0 Å². The largest absolute Gasteiger partial charge is 0.497 e. The molecule has 32 heavy (non-hydrogen) atoms.